The molecule has 4 heterocycles. The average molecular weight is 607 g/mol. The van der Waals surface area contributed by atoms with Crippen LogP contribution in [-0.2, 0) is 17.1 Å². The zero-order valence-corrected chi connectivity index (χ0v) is 24.1. The van der Waals surface area contributed by atoms with Crippen LogP contribution in [0.4, 0.5) is 5.69 Å². The molecule has 1 aliphatic heterocycles. The Morgan fingerprint density at radius 2 is 1.83 bits per heavy atom. The lowest BCUT2D eigenvalue weighted by atomic mass is 10.1. The Kier molecular flexibility index (Phi) is 7.95. The molecule has 0 radical (unpaired) electrons. The molecule has 208 valence electrons. The zero-order valence-electron chi connectivity index (χ0n) is 21.8. The summed E-state index contributed by atoms with van der Waals surface area (Å²) in [4.78, 5) is 33.5. The second-order valence-electron chi connectivity index (χ2n) is 9.77. The molecule has 1 N–H and O–H groups in total. The van der Waals surface area contributed by atoms with Gasteiger partial charge in [0.2, 0.25) is 5.91 Å². The number of amides is 2. The van der Waals surface area contributed by atoms with Gasteiger partial charge in [0.25, 0.3) is 5.91 Å². The number of imidazole rings is 1. The van der Waals surface area contributed by atoms with Crippen molar-refractivity contribution in [2.24, 2.45) is 0 Å². The summed E-state index contributed by atoms with van der Waals surface area (Å²) < 4.78 is 3.49. The minimum atomic E-state index is -0.277. The fourth-order valence-corrected chi connectivity index (χ4v) is 6.34. The second kappa shape index (κ2) is 11.9. The van der Waals surface area contributed by atoms with Gasteiger partial charge in [-0.2, -0.15) is 0 Å². The summed E-state index contributed by atoms with van der Waals surface area (Å²) in [7, 11) is 0. The van der Waals surface area contributed by atoms with E-state index in [1.807, 2.05) is 64.2 Å². The number of nitrogens with one attached hydrogen (secondary N) is 1. The Hall–Kier alpha value is -3.86. The van der Waals surface area contributed by atoms with Crippen molar-refractivity contribution in [3.63, 3.8) is 0 Å². The molecule has 12 heteroatoms. The van der Waals surface area contributed by atoms with E-state index in [-0.39, 0.29) is 24.3 Å². The van der Waals surface area contributed by atoms with E-state index >= 15 is 0 Å². The van der Waals surface area contributed by atoms with Crippen LogP contribution in [-0.4, -0.2) is 54.2 Å². The van der Waals surface area contributed by atoms with E-state index < -0.39 is 0 Å². The summed E-state index contributed by atoms with van der Waals surface area (Å²) in [6.45, 7) is 1.15. The molecular formula is C29H25Cl2N7O2S. The van der Waals surface area contributed by atoms with Gasteiger partial charge in [0.15, 0.2) is 0 Å². The number of fused-ring (bicyclic) bond motifs is 1. The SMILES string of the molecule is O=C(Cn1cc(C2CCN(C(=O)c3ccccc3SCc3cn4ccccc4n3)C2)nn1)Nc1cc(Cl)cc(Cl)c1. The molecule has 1 unspecified atom stereocenters. The molecule has 2 aromatic carbocycles. The Morgan fingerprint density at radius 3 is 2.66 bits per heavy atom. The first kappa shape index (κ1) is 27.3. The fourth-order valence-electron chi connectivity index (χ4n) is 4.89. The average Bonchev–Trinajstić information content (AvgIpc) is 3.70. The highest BCUT2D eigenvalue weighted by atomic mass is 35.5. The van der Waals surface area contributed by atoms with Gasteiger partial charge in [-0.05, 0) is 48.9 Å². The van der Waals surface area contributed by atoms with Crippen LogP contribution in [0.3, 0.4) is 0 Å². The molecule has 6 rings (SSSR count). The van der Waals surface area contributed by atoms with E-state index in [0.717, 1.165) is 28.4 Å². The summed E-state index contributed by atoms with van der Waals surface area (Å²) >= 11 is 13.6. The lowest BCUT2D eigenvalue weighted by Crippen LogP contribution is -2.29. The number of aromatic nitrogens is 5. The third-order valence-electron chi connectivity index (χ3n) is 6.81. The lowest BCUT2D eigenvalue weighted by Gasteiger charge is -2.18. The van der Waals surface area contributed by atoms with Crippen LogP contribution in [0.5, 0.6) is 0 Å². The van der Waals surface area contributed by atoms with Gasteiger partial charge < -0.3 is 14.6 Å². The number of carbonyl (C=O) groups is 2. The summed E-state index contributed by atoms with van der Waals surface area (Å²) in [6.07, 6.45) is 6.53. The Labute approximate surface area is 250 Å². The minimum Gasteiger partial charge on any atom is -0.338 e. The predicted octanol–water partition coefficient (Wildman–Crippen LogP) is 5.79. The Morgan fingerprint density at radius 1 is 1.02 bits per heavy atom. The maximum absolute atomic E-state index is 13.5. The van der Waals surface area contributed by atoms with Crippen molar-refractivity contribution in [3.05, 3.63) is 106 Å². The highest BCUT2D eigenvalue weighted by Crippen LogP contribution is 2.31. The van der Waals surface area contributed by atoms with Gasteiger partial charge in [0.05, 0.1) is 17.0 Å². The minimum absolute atomic E-state index is 0.00227. The molecule has 41 heavy (non-hydrogen) atoms. The van der Waals surface area contributed by atoms with Gasteiger partial charge >= 0.3 is 0 Å². The normalized spacial score (nSPS) is 15.0. The highest BCUT2D eigenvalue weighted by molar-refractivity contribution is 7.98. The molecule has 2 amide bonds. The maximum atomic E-state index is 13.5. The number of thioether (sulfide) groups is 1. The molecule has 9 nitrogen and oxygen atoms in total. The van der Waals surface area contributed by atoms with Crippen LogP contribution in [0, 0.1) is 0 Å². The number of rotatable bonds is 8. The van der Waals surface area contributed by atoms with Crippen molar-refractivity contribution in [1.29, 1.82) is 0 Å². The number of pyridine rings is 1. The number of hydrogen-bond acceptors (Lipinski definition) is 6. The third-order valence-corrected chi connectivity index (χ3v) is 8.35. The van der Waals surface area contributed by atoms with Gasteiger partial charge in [0.1, 0.15) is 12.2 Å². The maximum Gasteiger partial charge on any atom is 0.255 e. The van der Waals surface area contributed by atoms with Crippen molar-refractivity contribution in [2.75, 3.05) is 18.4 Å². The smallest absolute Gasteiger partial charge is 0.255 e. The van der Waals surface area contributed by atoms with E-state index in [0.29, 0.717) is 40.1 Å². The zero-order chi connectivity index (χ0) is 28.3. The Bertz CT molecular complexity index is 1680. The van der Waals surface area contributed by atoms with Crippen LogP contribution in [0.2, 0.25) is 10.0 Å². The lowest BCUT2D eigenvalue weighted by molar-refractivity contribution is -0.116. The first-order valence-electron chi connectivity index (χ1n) is 13.0. The van der Waals surface area contributed by atoms with E-state index in [2.05, 4.69) is 20.6 Å². The van der Waals surface area contributed by atoms with Crippen LogP contribution in [0.1, 0.15) is 34.1 Å². The molecule has 1 aliphatic rings. The predicted molar refractivity (Wildman–Crippen MR) is 160 cm³/mol. The van der Waals surface area contributed by atoms with Crippen LogP contribution in [0.15, 0.2) is 84.1 Å². The largest absolute Gasteiger partial charge is 0.338 e. The van der Waals surface area contributed by atoms with Crippen LogP contribution < -0.4 is 5.32 Å². The fraction of sp³-hybridized carbons (Fsp3) is 0.207. The molecule has 1 saturated heterocycles. The Balaban J connectivity index is 1.06. The molecule has 0 bridgehead atoms. The van der Waals surface area contributed by atoms with E-state index in [1.165, 1.54) is 4.68 Å². The van der Waals surface area contributed by atoms with E-state index in [9.17, 15) is 9.59 Å². The highest BCUT2D eigenvalue weighted by Gasteiger charge is 2.30. The summed E-state index contributed by atoms with van der Waals surface area (Å²) in [6, 6.07) is 18.5. The van der Waals surface area contributed by atoms with Crippen molar-refractivity contribution < 1.29 is 9.59 Å². The summed E-state index contributed by atoms with van der Waals surface area (Å²) in [5.74, 6) is 0.425. The van der Waals surface area contributed by atoms with Crippen molar-refractivity contribution >= 4 is 58.1 Å². The number of benzene rings is 2. The number of hydrogen-bond donors (Lipinski definition) is 1. The molecule has 5 aromatic rings. The number of halogens is 2. The molecule has 1 fully saturated rings. The number of anilines is 1. The number of carbonyl (C=O) groups excluding carboxylic acids is 2. The first-order valence-corrected chi connectivity index (χ1v) is 14.7. The molecule has 0 saturated carbocycles. The van der Waals surface area contributed by atoms with E-state index in [1.54, 1.807) is 36.2 Å². The monoisotopic (exact) mass is 605 g/mol. The molecule has 0 spiro atoms. The first-order chi connectivity index (χ1) is 19.9. The third kappa shape index (κ3) is 6.40. The van der Waals surface area contributed by atoms with Gasteiger partial charge in [-0.3, -0.25) is 9.59 Å². The van der Waals surface area contributed by atoms with E-state index in [4.69, 9.17) is 23.2 Å². The van der Waals surface area contributed by atoms with Gasteiger partial charge in [0, 0.05) is 64.0 Å². The summed E-state index contributed by atoms with van der Waals surface area (Å²) in [5, 5.41) is 12.1. The quantitative estimate of drug-likeness (QED) is 0.225. The molecule has 0 aliphatic carbocycles. The van der Waals surface area contributed by atoms with Crippen LogP contribution in [0.25, 0.3) is 5.65 Å². The van der Waals surface area contributed by atoms with Crippen molar-refractivity contribution in [2.45, 2.75) is 29.5 Å². The number of nitrogens with zero attached hydrogens (tertiary/aromatic N) is 6. The number of likely N-dealkylation sites (tertiary alicyclic amines) is 1. The van der Waals surface area contributed by atoms with Gasteiger partial charge in [-0.15, -0.1) is 16.9 Å². The van der Waals surface area contributed by atoms with Gasteiger partial charge in [-0.25, -0.2) is 9.67 Å². The molecular weight excluding hydrogens is 581 g/mol. The van der Waals surface area contributed by atoms with Gasteiger partial charge in [-0.1, -0.05) is 46.6 Å². The second-order valence-corrected chi connectivity index (χ2v) is 11.7. The standard InChI is InChI=1S/C29H25Cl2N7O2S/c30-20-11-21(31)13-22(12-20)33-28(39)17-38-16-25(34-35-38)19-8-10-37(14-19)29(40)24-5-1-2-6-26(24)41-18-23-15-36-9-4-3-7-27(36)32-23/h1-7,9,11-13,15-16,19H,8,10,14,17-18H2,(H,33,39). The van der Waals surface area contributed by atoms with Crippen LogP contribution >= 0.6 is 35.0 Å². The van der Waals surface area contributed by atoms with Crippen molar-refractivity contribution in [1.82, 2.24) is 29.3 Å². The summed E-state index contributed by atoms with van der Waals surface area (Å²) in [5.41, 5.74) is 3.81. The van der Waals surface area contributed by atoms with Crippen molar-refractivity contribution in [3.8, 4) is 0 Å². The topological polar surface area (TPSA) is 97.4 Å². The molecule has 3 aromatic heterocycles. The molecule has 1 atom stereocenters.